The molecule has 0 amide bonds. The maximum atomic E-state index is 4.65. The van der Waals surface area contributed by atoms with Gasteiger partial charge in [0.1, 0.15) is 6.33 Å². The molecule has 2 heterocycles. The maximum absolute atomic E-state index is 4.65. The van der Waals surface area contributed by atoms with Crippen LogP contribution in [0.5, 0.6) is 0 Å². The fourth-order valence-electron chi connectivity index (χ4n) is 3.15. The third-order valence-corrected chi connectivity index (χ3v) is 4.00. The Hall–Kier alpha value is -1.81. The van der Waals surface area contributed by atoms with Gasteiger partial charge in [0.05, 0.1) is 0 Å². The summed E-state index contributed by atoms with van der Waals surface area (Å²) in [6.07, 6.45) is 10.8. The predicted octanol–water partition coefficient (Wildman–Crippen LogP) is 2.64. The van der Waals surface area contributed by atoms with Crippen molar-refractivity contribution < 1.29 is 0 Å². The Morgan fingerprint density at radius 3 is 3.00 bits per heavy atom. The van der Waals surface area contributed by atoms with Crippen molar-refractivity contribution in [3.05, 3.63) is 53.9 Å². The van der Waals surface area contributed by atoms with Crippen LogP contribution in [0.25, 0.3) is 0 Å². The standard InChI is InChI=1S/C16H20N4/c1-2-19-16(13-9-17-11-18-10-13)14-7-3-5-12-6-4-8-20-15(12)14/h4,6,8-11,14,16,19H,2-3,5,7H2,1H3. The number of pyridine rings is 1. The summed E-state index contributed by atoms with van der Waals surface area (Å²) in [5, 5.41) is 3.59. The Morgan fingerprint density at radius 1 is 1.35 bits per heavy atom. The molecule has 2 atom stereocenters. The van der Waals surface area contributed by atoms with Crippen LogP contribution in [0.1, 0.15) is 48.5 Å². The van der Waals surface area contributed by atoms with Crippen LogP contribution < -0.4 is 5.32 Å². The molecule has 1 aliphatic carbocycles. The minimum Gasteiger partial charge on any atom is -0.310 e. The van der Waals surface area contributed by atoms with Gasteiger partial charge in [0.2, 0.25) is 0 Å². The average Bonchev–Trinajstić information content (AvgIpc) is 2.53. The lowest BCUT2D eigenvalue weighted by Gasteiger charge is -2.31. The minimum absolute atomic E-state index is 0.246. The highest BCUT2D eigenvalue weighted by Gasteiger charge is 2.29. The average molecular weight is 268 g/mol. The Bertz CT molecular complexity index is 555. The van der Waals surface area contributed by atoms with E-state index in [-0.39, 0.29) is 6.04 Å². The quantitative estimate of drug-likeness (QED) is 0.926. The first-order chi connectivity index (χ1) is 9.90. The molecule has 20 heavy (non-hydrogen) atoms. The molecule has 0 aromatic carbocycles. The molecule has 1 aliphatic rings. The van der Waals surface area contributed by atoms with Crippen LogP contribution in [0.15, 0.2) is 37.1 Å². The van der Waals surface area contributed by atoms with Gasteiger partial charge >= 0.3 is 0 Å². The van der Waals surface area contributed by atoms with E-state index in [0.717, 1.165) is 24.9 Å². The van der Waals surface area contributed by atoms with Crippen LogP contribution in [-0.4, -0.2) is 21.5 Å². The summed E-state index contributed by atoms with van der Waals surface area (Å²) in [5.74, 6) is 0.408. The van der Waals surface area contributed by atoms with Crippen LogP contribution in [-0.2, 0) is 6.42 Å². The molecule has 0 saturated carbocycles. The first-order valence-electron chi connectivity index (χ1n) is 7.32. The Kier molecular flexibility index (Phi) is 4.02. The van der Waals surface area contributed by atoms with E-state index in [9.17, 15) is 0 Å². The number of nitrogens with one attached hydrogen (secondary N) is 1. The first kappa shape index (κ1) is 13.2. The number of aryl methyl sites for hydroxylation is 1. The van der Waals surface area contributed by atoms with E-state index < -0.39 is 0 Å². The van der Waals surface area contributed by atoms with Gasteiger partial charge in [-0.1, -0.05) is 13.0 Å². The van der Waals surface area contributed by atoms with Gasteiger partial charge in [-0.25, -0.2) is 9.97 Å². The van der Waals surface area contributed by atoms with E-state index in [0.29, 0.717) is 5.92 Å². The van der Waals surface area contributed by atoms with Crippen molar-refractivity contribution in [3.8, 4) is 0 Å². The van der Waals surface area contributed by atoms with Gasteiger partial charge in [-0.3, -0.25) is 4.98 Å². The van der Waals surface area contributed by atoms with Gasteiger partial charge in [-0.15, -0.1) is 0 Å². The molecule has 4 heteroatoms. The third kappa shape index (κ3) is 2.56. The monoisotopic (exact) mass is 268 g/mol. The number of nitrogens with zero attached hydrogens (tertiary/aromatic N) is 3. The van der Waals surface area contributed by atoms with Gasteiger partial charge in [0.25, 0.3) is 0 Å². The fraction of sp³-hybridized carbons (Fsp3) is 0.438. The highest BCUT2D eigenvalue weighted by molar-refractivity contribution is 5.30. The van der Waals surface area contributed by atoms with Crippen LogP contribution >= 0.6 is 0 Å². The second-order valence-electron chi connectivity index (χ2n) is 5.25. The first-order valence-corrected chi connectivity index (χ1v) is 7.32. The fourth-order valence-corrected chi connectivity index (χ4v) is 3.15. The van der Waals surface area contributed by atoms with Crippen LogP contribution in [0.4, 0.5) is 0 Å². The predicted molar refractivity (Wildman–Crippen MR) is 78.4 cm³/mol. The Morgan fingerprint density at radius 2 is 2.20 bits per heavy atom. The third-order valence-electron chi connectivity index (χ3n) is 4.00. The molecule has 0 aliphatic heterocycles. The van der Waals surface area contributed by atoms with Gasteiger partial charge in [-0.2, -0.15) is 0 Å². The van der Waals surface area contributed by atoms with E-state index in [2.05, 4.69) is 33.3 Å². The molecule has 0 spiro atoms. The Labute approximate surface area is 119 Å². The van der Waals surface area contributed by atoms with Crippen molar-refractivity contribution in [2.24, 2.45) is 0 Å². The molecule has 1 N–H and O–H groups in total. The van der Waals surface area contributed by atoms with Crippen molar-refractivity contribution in [1.82, 2.24) is 20.3 Å². The van der Waals surface area contributed by atoms with E-state index >= 15 is 0 Å². The molecule has 0 fully saturated rings. The molecule has 0 radical (unpaired) electrons. The molecular weight excluding hydrogens is 248 g/mol. The summed E-state index contributed by atoms with van der Waals surface area (Å²) in [4.78, 5) is 13.0. The number of aromatic nitrogens is 3. The highest BCUT2D eigenvalue weighted by atomic mass is 14.9. The molecule has 0 bridgehead atoms. The largest absolute Gasteiger partial charge is 0.310 e. The molecule has 104 valence electrons. The number of fused-ring (bicyclic) bond motifs is 1. The number of rotatable bonds is 4. The lowest BCUT2D eigenvalue weighted by atomic mass is 9.80. The van der Waals surface area contributed by atoms with Crippen molar-refractivity contribution in [2.75, 3.05) is 6.54 Å². The summed E-state index contributed by atoms with van der Waals surface area (Å²) < 4.78 is 0. The topological polar surface area (TPSA) is 50.7 Å². The smallest absolute Gasteiger partial charge is 0.115 e. The summed E-state index contributed by atoms with van der Waals surface area (Å²) in [7, 11) is 0. The van der Waals surface area contributed by atoms with Crippen LogP contribution in [0.3, 0.4) is 0 Å². The summed E-state index contributed by atoms with van der Waals surface area (Å²) in [5.41, 5.74) is 3.79. The van der Waals surface area contributed by atoms with E-state index in [4.69, 9.17) is 0 Å². The normalized spacial score (nSPS) is 19.4. The van der Waals surface area contributed by atoms with E-state index in [1.54, 1.807) is 6.33 Å². The van der Waals surface area contributed by atoms with Crippen molar-refractivity contribution in [2.45, 2.75) is 38.1 Å². The van der Waals surface area contributed by atoms with E-state index in [1.165, 1.54) is 17.7 Å². The molecule has 2 aromatic rings. The van der Waals surface area contributed by atoms with E-state index in [1.807, 2.05) is 24.7 Å². The zero-order valence-electron chi connectivity index (χ0n) is 11.8. The van der Waals surface area contributed by atoms with Gasteiger partial charge in [0.15, 0.2) is 0 Å². The SMILES string of the molecule is CCNC(c1cncnc1)C1CCCc2cccnc21. The highest BCUT2D eigenvalue weighted by Crippen LogP contribution is 2.38. The summed E-state index contributed by atoms with van der Waals surface area (Å²) in [6, 6.07) is 4.49. The number of hydrogen-bond acceptors (Lipinski definition) is 4. The molecule has 2 unspecified atom stereocenters. The van der Waals surface area contributed by atoms with Gasteiger partial charge in [0, 0.05) is 41.8 Å². The molecule has 0 saturated heterocycles. The van der Waals surface area contributed by atoms with Gasteiger partial charge < -0.3 is 5.32 Å². The maximum Gasteiger partial charge on any atom is 0.115 e. The zero-order chi connectivity index (χ0) is 13.8. The van der Waals surface area contributed by atoms with Crippen molar-refractivity contribution in [1.29, 1.82) is 0 Å². The Balaban J connectivity index is 1.97. The van der Waals surface area contributed by atoms with Crippen LogP contribution in [0.2, 0.25) is 0 Å². The lowest BCUT2D eigenvalue weighted by molar-refractivity contribution is 0.399. The van der Waals surface area contributed by atoms with Crippen molar-refractivity contribution >= 4 is 0 Å². The minimum atomic E-state index is 0.246. The molecule has 4 nitrogen and oxygen atoms in total. The lowest BCUT2D eigenvalue weighted by Crippen LogP contribution is -2.30. The molecule has 2 aromatic heterocycles. The number of hydrogen-bond donors (Lipinski definition) is 1. The van der Waals surface area contributed by atoms with Crippen LogP contribution in [0, 0.1) is 0 Å². The number of likely N-dealkylation sites (N-methyl/N-ethyl adjacent to an activating group) is 1. The summed E-state index contributed by atoms with van der Waals surface area (Å²) in [6.45, 7) is 3.07. The molecule has 3 rings (SSSR count). The van der Waals surface area contributed by atoms with Crippen molar-refractivity contribution in [3.63, 3.8) is 0 Å². The molecular formula is C16H20N4. The summed E-state index contributed by atoms with van der Waals surface area (Å²) >= 11 is 0. The zero-order valence-corrected chi connectivity index (χ0v) is 11.8. The second kappa shape index (κ2) is 6.09. The second-order valence-corrected chi connectivity index (χ2v) is 5.25. The van der Waals surface area contributed by atoms with Gasteiger partial charge in [-0.05, 0) is 37.4 Å².